The van der Waals surface area contributed by atoms with E-state index in [-0.39, 0.29) is 6.03 Å². The topological polar surface area (TPSA) is 44.8 Å². The summed E-state index contributed by atoms with van der Waals surface area (Å²) in [4.78, 5) is 15.2. The van der Waals surface area contributed by atoms with Gasteiger partial charge in [0.2, 0.25) is 0 Å². The van der Waals surface area contributed by atoms with Crippen LogP contribution in [0.3, 0.4) is 0 Å². The fourth-order valence-corrected chi connectivity index (χ4v) is 1.64. The summed E-state index contributed by atoms with van der Waals surface area (Å²) in [5, 5.41) is 2.86. The van der Waals surface area contributed by atoms with Crippen molar-refractivity contribution in [3.8, 4) is 0 Å². The Kier molecular flexibility index (Phi) is 6.18. The zero-order chi connectivity index (χ0) is 11.8. The third kappa shape index (κ3) is 5.32. The van der Waals surface area contributed by atoms with Gasteiger partial charge in [-0.3, -0.25) is 4.90 Å². The molecule has 5 heteroatoms. The van der Waals surface area contributed by atoms with Gasteiger partial charge in [-0.25, -0.2) is 4.79 Å². The minimum atomic E-state index is -0.00799. The monoisotopic (exact) mass is 229 g/mol. The van der Waals surface area contributed by atoms with Gasteiger partial charge in [-0.15, -0.1) is 0 Å². The summed E-state index contributed by atoms with van der Waals surface area (Å²) in [6, 6.07) is -0.00799. The molecule has 0 aromatic heterocycles. The first kappa shape index (κ1) is 13.3. The Labute approximate surface area is 97.7 Å². The van der Waals surface area contributed by atoms with Gasteiger partial charge in [-0.1, -0.05) is 0 Å². The number of carbonyl (C=O) groups excluding carboxylic acids is 1. The Morgan fingerprint density at radius 1 is 1.31 bits per heavy atom. The number of amides is 2. The van der Waals surface area contributed by atoms with Gasteiger partial charge >= 0.3 is 6.03 Å². The standard InChI is InChI=1S/C11H23N3O2/c1-13(2)11(15)12-5-3-4-6-14-7-9-16-10-8-14/h3-10H2,1-2H3,(H,12,15). The maximum Gasteiger partial charge on any atom is 0.316 e. The van der Waals surface area contributed by atoms with Crippen LogP contribution in [0.5, 0.6) is 0 Å². The molecule has 16 heavy (non-hydrogen) atoms. The number of hydrogen-bond acceptors (Lipinski definition) is 3. The van der Waals surface area contributed by atoms with E-state index < -0.39 is 0 Å². The number of ether oxygens (including phenoxy) is 1. The maximum atomic E-state index is 11.2. The lowest BCUT2D eigenvalue weighted by Crippen LogP contribution is -2.37. The van der Waals surface area contributed by atoms with E-state index in [1.807, 2.05) is 0 Å². The van der Waals surface area contributed by atoms with Gasteiger partial charge in [-0.2, -0.15) is 0 Å². The van der Waals surface area contributed by atoms with Crippen LogP contribution in [0.4, 0.5) is 4.79 Å². The van der Waals surface area contributed by atoms with E-state index in [4.69, 9.17) is 4.74 Å². The molecule has 0 atom stereocenters. The number of urea groups is 1. The fourth-order valence-electron chi connectivity index (χ4n) is 1.64. The second kappa shape index (κ2) is 7.46. The third-order valence-electron chi connectivity index (χ3n) is 2.69. The van der Waals surface area contributed by atoms with Gasteiger partial charge in [0.1, 0.15) is 0 Å². The van der Waals surface area contributed by atoms with E-state index in [0.717, 1.165) is 52.2 Å². The van der Waals surface area contributed by atoms with E-state index in [2.05, 4.69) is 10.2 Å². The highest BCUT2D eigenvalue weighted by Crippen LogP contribution is 1.99. The molecule has 5 nitrogen and oxygen atoms in total. The number of hydrogen-bond donors (Lipinski definition) is 1. The van der Waals surface area contributed by atoms with Crippen molar-refractivity contribution in [3.05, 3.63) is 0 Å². The van der Waals surface area contributed by atoms with Crippen LogP contribution in [0, 0.1) is 0 Å². The van der Waals surface area contributed by atoms with Crippen molar-refractivity contribution in [2.24, 2.45) is 0 Å². The molecule has 0 aromatic carbocycles. The van der Waals surface area contributed by atoms with Gasteiger partial charge < -0.3 is 15.0 Å². The zero-order valence-corrected chi connectivity index (χ0v) is 10.4. The molecule has 0 spiro atoms. The Morgan fingerprint density at radius 2 is 2.00 bits per heavy atom. The molecule has 0 unspecified atom stereocenters. The van der Waals surface area contributed by atoms with Crippen LogP contribution in [0.15, 0.2) is 0 Å². The predicted molar refractivity (Wildman–Crippen MR) is 63.6 cm³/mol. The SMILES string of the molecule is CN(C)C(=O)NCCCCN1CCOCC1. The number of nitrogens with zero attached hydrogens (tertiary/aromatic N) is 2. The predicted octanol–water partition coefficient (Wildman–Crippen LogP) is 0.370. The number of rotatable bonds is 5. The van der Waals surface area contributed by atoms with E-state index in [9.17, 15) is 4.79 Å². The van der Waals surface area contributed by atoms with Crippen LogP contribution >= 0.6 is 0 Å². The Hall–Kier alpha value is -0.810. The average molecular weight is 229 g/mol. The van der Waals surface area contributed by atoms with Gasteiger partial charge in [0.15, 0.2) is 0 Å². The Bertz CT molecular complexity index is 203. The molecule has 2 amide bonds. The average Bonchev–Trinajstić information content (AvgIpc) is 2.29. The Balaban J connectivity index is 1.93. The van der Waals surface area contributed by atoms with E-state index >= 15 is 0 Å². The number of nitrogens with one attached hydrogen (secondary N) is 1. The molecule has 0 aliphatic carbocycles. The molecular formula is C11H23N3O2. The number of unbranched alkanes of at least 4 members (excludes halogenated alkanes) is 1. The first-order valence-electron chi connectivity index (χ1n) is 5.95. The van der Waals surface area contributed by atoms with Crippen molar-refractivity contribution in [2.75, 3.05) is 53.5 Å². The highest BCUT2D eigenvalue weighted by molar-refractivity contribution is 5.73. The van der Waals surface area contributed by atoms with Crippen LogP contribution in [0.1, 0.15) is 12.8 Å². The van der Waals surface area contributed by atoms with Crippen LogP contribution < -0.4 is 5.32 Å². The van der Waals surface area contributed by atoms with Gasteiger partial charge in [0.25, 0.3) is 0 Å². The van der Waals surface area contributed by atoms with Gasteiger partial charge in [0, 0.05) is 33.7 Å². The Morgan fingerprint density at radius 3 is 2.62 bits per heavy atom. The molecule has 1 aliphatic heterocycles. The van der Waals surface area contributed by atoms with Gasteiger partial charge in [0.05, 0.1) is 13.2 Å². The smallest absolute Gasteiger partial charge is 0.316 e. The van der Waals surface area contributed by atoms with Gasteiger partial charge in [-0.05, 0) is 19.4 Å². The minimum Gasteiger partial charge on any atom is -0.379 e. The molecule has 1 rings (SSSR count). The summed E-state index contributed by atoms with van der Waals surface area (Å²) >= 11 is 0. The minimum absolute atomic E-state index is 0.00799. The van der Waals surface area contributed by atoms with Crippen molar-refractivity contribution in [1.29, 1.82) is 0 Å². The van der Waals surface area contributed by atoms with Crippen LogP contribution in [-0.2, 0) is 4.74 Å². The summed E-state index contributed by atoms with van der Waals surface area (Å²) in [5.74, 6) is 0. The molecular weight excluding hydrogens is 206 g/mol. The molecule has 1 heterocycles. The quantitative estimate of drug-likeness (QED) is 0.693. The molecule has 1 fully saturated rings. The van der Waals surface area contributed by atoms with Crippen molar-refractivity contribution >= 4 is 6.03 Å². The highest BCUT2D eigenvalue weighted by Gasteiger charge is 2.09. The molecule has 0 saturated carbocycles. The summed E-state index contributed by atoms with van der Waals surface area (Å²) in [6.45, 7) is 5.69. The molecule has 1 aliphatic rings. The van der Waals surface area contributed by atoms with Crippen LogP contribution in [-0.4, -0.2) is 69.3 Å². The largest absolute Gasteiger partial charge is 0.379 e. The summed E-state index contributed by atoms with van der Waals surface area (Å²) < 4.78 is 5.28. The second-order valence-electron chi connectivity index (χ2n) is 4.29. The molecule has 0 radical (unpaired) electrons. The van der Waals surface area contributed by atoms with Crippen LogP contribution in [0.25, 0.3) is 0 Å². The normalized spacial score (nSPS) is 17.1. The van der Waals surface area contributed by atoms with E-state index in [1.54, 1.807) is 19.0 Å². The molecule has 1 saturated heterocycles. The lowest BCUT2D eigenvalue weighted by molar-refractivity contribution is 0.0372. The van der Waals surface area contributed by atoms with Crippen molar-refractivity contribution in [3.63, 3.8) is 0 Å². The van der Waals surface area contributed by atoms with Crippen molar-refractivity contribution in [2.45, 2.75) is 12.8 Å². The second-order valence-corrected chi connectivity index (χ2v) is 4.29. The van der Waals surface area contributed by atoms with Crippen molar-refractivity contribution in [1.82, 2.24) is 15.1 Å². The van der Waals surface area contributed by atoms with E-state index in [0.29, 0.717) is 0 Å². The number of carbonyl (C=O) groups is 1. The molecule has 94 valence electrons. The third-order valence-corrected chi connectivity index (χ3v) is 2.69. The molecule has 0 bridgehead atoms. The number of morpholine rings is 1. The summed E-state index contributed by atoms with van der Waals surface area (Å²) in [7, 11) is 3.51. The summed E-state index contributed by atoms with van der Waals surface area (Å²) in [6.07, 6.45) is 2.17. The van der Waals surface area contributed by atoms with Crippen molar-refractivity contribution < 1.29 is 9.53 Å². The summed E-state index contributed by atoms with van der Waals surface area (Å²) in [5.41, 5.74) is 0. The molecule has 1 N–H and O–H groups in total. The lowest BCUT2D eigenvalue weighted by Gasteiger charge is -2.26. The van der Waals surface area contributed by atoms with E-state index in [1.165, 1.54) is 0 Å². The zero-order valence-electron chi connectivity index (χ0n) is 10.4. The first-order chi connectivity index (χ1) is 7.70. The fraction of sp³-hybridized carbons (Fsp3) is 0.909. The first-order valence-corrected chi connectivity index (χ1v) is 5.95. The lowest BCUT2D eigenvalue weighted by atomic mass is 10.3. The maximum absolute atomic E-state index is 11.2. The molecule has 0 aromatic rings. The highest BCUT2D eigenvalue weighted by atomic mass is 16.5. The van der Waals surface area contributed by atoms with Crippen LogP contribution in [0.2, 0.25) is 0 Å².